The molecule has 110 valence electrons. The van der Waals surface area contributed by atoms with E-state index in [0.717, 1.165) is 5.56 Å². The highest BCUT2D eigenvalue weighted by Gasteiger charge is 2.27. The van der Waals surface area contributed by atoms with Crippen molar-refractivity contribution in [3.63, 3.8) is 0 Å². The minimum absolute atomic E-state index is 0.0798. The van der Waals surface area contributed by atoms with Crippen molar-refractivity contribution in [1.29, 1.82) is 0 Å². The molecule has 21 heavy (non-hydrogen) atoms. The fourth-order valence-corrected chi connectivity index (χ4v) is 2.14. The molecule has 2 rings (SSSR count). The second kappa shape index (κ2) is 5.93. The SMILES string of the molecule is Cc1cc(NC(C)(CO)c2ccccc2)c(C(=O)O)cn1. The third-order valence-electron chi connectivity index (χ3n) is 3.41. The van der Waals surface area contributed by atoms with Crippen molar-refractivity contribution in [2.75, 3.05) is 11.9 Å². The zero-order valence-electron chi connectivity index (χ0n) is 12.0. The van der Waals surface area contributed by atoms with Gasteiger partial charge in [-0.05, 0) is 25.5 Å². The van der Waals surface area contributed by atoms with Gasteiger partial charge in [0.2, 0.25) is 0 Å². The van der Waals surface area contributed by atoms with Gasteiger partial charge in [0.1, 0.15) is 5.56 Å². The van der Waals surface area contributed by atoms with Crippen molar-refractivity contribution in [3.05, 3.63) is 59.4 Å². The largest absolute Gasteiger partial charge is 0.478 e. The number of hydrogen-bond acceptors (Lipinski definition) is 4. The molecule has 1 heterocycles. The maximum absolute atomic E-state index is 11.3. The molecule has 5 nitrogen and oxygen atoms in total. The van der Waals surface area contributed by atoms with Gasteiger partial charge in [-0.25, -0.2) is 4.79 Å². The number of carboxylic acid groups (broad SMARTS) is 1. The molecule has 2 aromatic rings. The summed E-state index contributed by atoms with van der Waals surface area (Å²) >= 11 is 0. The molecule has 0 amide bonds. The number of aliphatic hydroxyl groups is 1. The first-order valence-corrected chi connectivity index (χ1v) is 6.61. The Balaban J connectivity index is 2.44. The fraction of sp³-hybridized carbons (Fsp3) is 0.250. The highest BCUT2D eigenvalue weighted by atomic mass is 16.4. The second-order valence-corrected chi connectivity index (χ2v) is 5.16. The van der Waals surface area contributed by atoms with E-state index < -0.39 is 11.5 Å². The van der Waals surface area contributed by atoms with Crippen LogP contribution in [0.15, 0.2) is 42.6 Å². The Kier molecular flexibility index (Phi) is 4.23. The fourth-order valence-electron chi connectivity index (χ4n) is 2.14. The molecule has 1 aromatic heterocycles. The van der Waals surface area contributed by atoms with Gasteiger partial charge in [-0.1, -0.05) is 30.3 Å². The topological polar surface area (TPSA) is 82.5 Å². The van der Waals surface area contributed by atoms with E-state index in [-0.39, 0.29) is 12.2 Å². The molecule has 0 saturated carbocycles. The minimum Gasteiger partial charge on any atom is -0.478 e. The molecule has 1 aromatic carbocycles. The van der Waals surface area contributed by atoms with Gasteiger partial charge in [0, 0.05) is 11.9 Å². The van der Waals surface area contributed by atoms with Gasteiger partial charge in [-0.15, -0.1) is 0 Å². The van der Waals surface area contributed by atoms with Crippen LogP contribution in [0, 0.1) is 6.92 Å². The van der Waals surface area contributed by atoms with Crippen molar-refractivity contribution in [2.45, 2.75) is 19.4 Å². The van der Waals surface area contributed by atoms with Gasteiger partial charge in [0.05, 0.1) is 17.8 Å². The smallest absolute Gasteiger partial charge is 0.339 e. The van der Waals surface area contributed by atoms with Crippen molar-refractivity contribution in [1.82, 2.24) is 4.98 Å². The molecule has 0 bridgehead atoms. The van der Waals surface area contributed by atoms with Crippen molar-refractivity contribution >= 4 is 11.7 Å². The van der Waals surface area contributed by atoms with Gasteiger partial charge in [0.15, 0.2) is 0 Å². The number of pyridine rings is 1. The van der Waals surface area contributed by atoms with Gasteiger partial charge in [-0.2, -0.15) is 0 Å². The van der Waals surface area contributed by atoms with Crippen LogP contribution in [-0.4, -0.2) is 27.8 Å². The van der Waals surface area contributed by atoms with Gasteiger partial charge >= 0.3 is 5.97 Å². The lowest BCUT2D eigenvalue weighted by Gasteiger charge is -2.31. The summed E-state index contributed by atoms with van der Waals surface area (Å²) in [7, 11) is 0. The van der Waals surface area contributed by atoms with Crippen LogP contribution in [-0.2, 0) is 5.54 Å². The minimum atomic E-state index is -1.06. The van der Waals surface area contributed by atoms with Crippen LogP contribution < -0.4 is 5.32 Å². The molecule has 1 atom stereocenters. The van der Waals surface area contributed by atoms with Crippen LogP contribution in [0.2, 0.25) is 0 Å². The molecular weight excluding hydrogens is 268 g/mol. The summed E-state index contributed by atoms with van der Waals surface area (Å²) < 4.78 is 0. The monoisotopic (exact) mass is 286 g/mol. The number of benzene rings is 1. The molecule has 0 aliphatic heterocycles. The van der Waals surface area contributed by atoms with Crippen molar-refractivity contribution in [3.8, 4) is 0 Å². The van der Waals surface area contributed by atoms with E-state index in [1.807, 2.05) is 37.3 Å². The number of carboxylic acids is 1. The molecule has 5 heteroatoms. The van der Waals surface area contributed by atoms with Gasteiger partial charge < -0.3 is 15.5 Å². The lowest BCUT2D eigenvalue weighted by molar-refractivity contribution is 0.0697. The van der Waals surface area contributed by atoms with Crippen LogP contribution in [0.1, 0.15) is 28.5 Å². The molecule has 0 spiro atoms. The van der Waals surface area contributed by atoms with E-state index in [0.29, 0.717) is 11.4 Å². The van der Waals surface area contributed by atoms with E-state index >= 15 is 0 Å². The Morgan fingerprint density at radius 2 is 2.00 bits per heavy atom. The third-order valence-corrected chi connectivity index (χ3v) is 3.41. The summed E-state index contributed by atoms with van der Waals surface area (Å²) in [5.74, 6) is -1.06. The number of carbonyl (C=O) groups is 1. The zero-order valence-corrected chi connectivity index (χ0v) is 12.0. The molecule has 3 N–H and O–H groups in total. The summed E-state index contributed by atoms with van der Waals surface area (Å²) in [6.45, 7) is 3.44. The van der Waals surface area contributed by atoms with Crippen LogP contribution in [0.25, 0.3) is 0 Å². The summed E-state index contributed by atoms with van der Waals surface area (Å²) in [6.07, 6.45) is 1.32. The number of nitrogens with one attached hydrogen (secondary N) is 1. The maximum atomic E-state index is 11.3. The molecule has 0 aliphatic carbocycles. The summed E-state index contributed by atoms with van der Waals surface area (Å²) in [4.78, 5) is 15.3. The molecule has 0 aliphatic rings. The van der Waals surface area contributed by atoms with Crippen LogP contribution in [0.5, 0.6) is 0 Å². The van der Waals surface area contributed by atoms with Crippen LogP contribution in [0.4, 0.5) is 5.69 Å². The number of aryl methyl sites for hydroxylation is 1. The van der Waals surface area contributed by atoms with Crippen molar-refractivity contribution < 1.29 is 15.0 Å². The predicted octanol–water partition coefficient (Wildman–Crippen LogP) is 2.41. The number of aliphatic hydroxyl groups excluding tert-OH is 1. The van der Waals surface area contributed by atoms with E-state index in [2.05, 4.69) is 10.3 Å². The Morgan fingerprint density at radius 1 is 1.33 bits per heavy atom. The summed E-state index contributed by atoms with van der Waals surface area (Å²) in [5, 5.41) is 22.2. The second-order valence-electron chi connectivity index (χ2n) is 5.16. The molecule has 1 unspecified atom stereocenters. The van der Waals surface area contributed by atoms with E-state index in [1.165, 1.54) is 6.20 Å². The first-order valence-electron chi connectivity index (χ1n) is 6.61. The first kappa shape index (κ1) is 15.0. The summed E-state index contributed by atoms with van der Waals surface area (Å²) in [5.41, 5.74) is 1.32. The van der Waals surface area contributed by atoms with E-state index in [9.17, 15) is 15.0 Å². The summed E-state index contributed by atoms with van der Waals surface area (Å²) in [6, 6.07) is 11.1. The normalized spacial score (nSPS) is 13.5. The number of rotatable bonds is 5. The predicted molar refractivity (Wildman–Crippen MR) is 80.4 cm³/mol. The highest BCUT2D eigenvalue weighted by Crippen LogP contribution is 2.28. The number of aromatic nitrogens is 1. The number of anilines is 1. The number of aromatic carboxylic acids is 1. The standard InChI is InChI=1S/C16H18N2O3/c1-11-8-14(13(9-17-11)15(20)21)18-16(2,10-19)12-6-4-3-5-7-12/h3-9,19H,10H2,1-2H3,(H,17,18)(H,20,21). The Hall–Kier alpha value is -2.40. The maximum Gasteiger partial charge on any atom is 0.339 e. The lowest BCUT2D eigenvalue weighted by atomic mass is 9.92. The Labute approximate surface area is 123 Å². The molecule has 0 saturated heterocycles. The lowest BCUT2D eigenvalue weighted by Crippen LogP contribution is -2.36. The van der Waals surface area contributed by atoms with E-state index in [4.69, 9.17) is 0 Å². The van der Waals surface area contributed by atoms with Gasteiger partial charge in [-0.3, -0.25) is 4.98 Å². The highest BCUT2D eigenvalue weighted by molar-refractivity contribution is 5.94. The number of hydrogen-bond donors (Lipinski definition) is 3. The van der Waals surface area contributed by atoms with E-state index in [1.54, 1.807) is 13.0 Å². The molecular formula is C16H18N2O3. The van der Waals surface area contributed by atoms with Gasteiger partial charge in [0.25, 0.3) is 0 Å². The zero-order chi connectivity index (χ0) is 15.5. The third kappa shape index (κ3) is 3.20. The van der Waals surface area contributed by atoms with Crippen LogP contribution in [0.3, 0.4) is 0 Å². The average Bonchev–Trinajstić information content (AvgIpc) is 2.47. The van der Waals surface area contributed by atoms with Crippen LogP contribution >= 0.6 is 0 Å². The average molecular weight is 286 g/mol. The van der Waals surface area contributed by atoms with Crippen molar-refractivity contribution in [2.24, 2.45) is 0 Å². The first-order chi connectivity index (χ1) is 9.96. The Bertz CT molecular complexity index is 643. The molecule has 0 radical (unpaired) electrons. The molecule has 0 fully saturated rings. The number of nitrogens with zero attached hydrogens (tertiary/aromatic N) is 1. The quantitative estimate of drug-likeness (QED) is 0.786. The Morgan fingerprint density at radius 3 is 2.57 bits per heavy atom.